The molecule has 1 N–H and O–H groups in total. The van der Waals surface area contributed by atoms with E-state index in [2.05, 4.69) is 19.2 Å². The lowest BCUT2D eigenvalue weighted by Gasteiger charge is -2.38. The van der Waals surface area contributed by atoms with Crippen LogP contribution in [0.2, 0.25) is 0 Å². The van der Waals surface area contributed by atoms with E-state index in [1.54, 1.807) is 12.1 Å². The summed E-state index contributed by atoms with van der Waals surface area (Å²) in [5, 5.41) is 3.01. The van der Waals surface area contributed by atoms with Crippen LogP contribution in [-0.4, -0.2) is 42.8 Å². The van der Waals surface area contributed by atoms with Crippen molar-refractivity contribution < 1.29 is 19.0 Å². The minimum atomic E-state index is -0.0845. The molecule has 1 saturated heterocycles. The standard InChI is InChI=1S/C20H32N2O4/c1-6-24-17-12-16(13-18(25-7-2)19(17)26-8-3)21-20(23)22-14(4)10-9-11-15(22)5/h12-15H,6-11H2,1-5H3,(H,21,23). The molecule has 1 aliphatic heterocycles. The van der Waals surface area contributed by atoms with Gasteiger partial charge in [0.05, 0.1) is 25.5 Å². The molecule has 1 aromatic rings. The largest absolute Gasteiger partial charge is 0.490 e. The Hall–Kier alpha value is -2.11. The van der Waals surface area contributed by atoms with E-state index in [1.807, 2.05) is 25.7 Å². The lowest BCUT2D eigenvalue weighted by Crippen LogP contribution is -2.49. The molecule has 0 aromatic heterocycles. The zero-order valence-corrected chi connectivity index (χ0v) is 16.6. The fourth-order valence-electron chi connectivity index (χ4n) is 3.47. The maximum absolute atomic E-state index is 12.8. The lowest BCUT2D eigenvalue weighted by atomic mass is 9.98. The Bertz CT molecular complexity index is 568. The SMILES string of the molecule is CCOc1cc(NC(=O)N2C(C)CCCC2C)cc(OCC)c1OCC. The fraction of sp³-hybridized carbons (Fsp3) is 0.650. The minimum absolute atomic E-state index is 0.0845. The minimum Gasteiger partial charge on any atom is -0.490 e. The summed E-state index contributed by atoms with van der Waals surface area (Å²) in [5.41, 5.74) is 0.648. The molecule has 0 spiro atoms. The van der Waals surface area contributed by atoms with E-state index in [1.165, 1.54) is 0 Å². The lowest BCUT2D eigenvalue weighted by molar-refractivity contribution is 0.133. The van der Waals surface area contributed by atoms with Gasteiger partial charge in [0.2, 0.25) is 5.75 Å². The van der Waals surface area contributed by atoms with Crippen LogP contribution in [0.3, 0.4) is 0 Å². The highest BCUT2D eigenvalue weighted by atomic mass is 16.5. The average Bonchev–Trinajstić information content (AvgIpc) is 2.58. The molecular formula is C20H32N2O4. The van der Waals surface area contributed by atoms with Crippen molar-refractivity contribution in [1.82, 2.24) is 4.90 Å². The highest BCUT2D eigenvalue weighted by Crippen LogP contribution is 2.41. The summed E-state index contributed by atoms with van der Waals surface area (Å²) in [6.45, 7) is 11.5. The number of nitrogens with one attached hydrogen (secondary N) is 1. The van der Waals surface area contributed by atoms with Crippen LogP contribution in [0.1, 0.15) is 53.9 Å². The van der Waals surface area contributed by atoms with Crippen LogP contribution in [-0.2, 0) is 0 Å². The van der Waals surface area contributed by atoms with Gasteiger partial charge in [0.1, 0.15) is 0 Å². The molecule has 6 heteroatoms. The Labute approximate surface area is 156 Å². The van der Waals surface area contributed by atoms with Gasteiger partial charge in [-0.05, 0) is 53.9 Å². The predicted octanol–water partition coefficient (Wildman–Crippen LogP) is 4.68. The van der Waals surface area contributed by atoms with E-state index in [-0.39, 0.29) is 18.1 Å². The van der Waals surface area contributed by atoms with E-state index >= 15 is 0 Å². The number of nitrogens with zero attached hydrogens (tertiary/aromatic N) is 1. The molecule has 0 aliphatic carbocycles. The number of hydrogen-bond acceptors (Lipinski definition) is 4. The van der Waals surface area contributed by atoms with Gasteiger partial charge in [-0.25, -0.2) is 4.79 Å². The van der Waals surface area contributed by atoms with Crippen molar-refractivity contribution >= 4 is 11.7 Å². The van der Waals surface area contributed by atoms with Gasteiger partial charge in [0, 0.05) is 24.2 Å². The second-order valence-corrected chi connectivity index (χ2v) is 6.57. The molecule has 1 fully saturated rings. The number of carbonyl (C=O) groups is 1. The summed E-state index contributed by atoms with van der Waals surface area (Å²) in [6.07, 6.45) is 3.24. The molecule has 1 aromatic carbocycles. The predicted molar refractivity (Wildman–Crippen MR) is 104 cm³/mol. The summed E-state index contributed by atoms with van der Waals surface area (Å²) in [5.74, 6) is 1.74. The number of urea groups is 1. The third-order valence-corrected chi connectivity index (χ3v) is 4.59. The topological polar surface area (TPSA) is 60.0 Å². The molecule has 146 valence electrons. The maximum Gasteiger partial charge on any atom is 0.322 e. The molecule has 0 radical (unpaired) electrons. The Balaban J connectivity index is 2.28. The van der Waals surface area contributed by atoms with Crippen LogP contribution >= 0.6 is 0 Å². The number of benzene rings is 1. The van der Waals surface area contributed by atoms with Gasteiger partial charge in [-0.2, -0.15) is 0 Å². The first-order chi connectivity index (χ1) is 12.5. The van der Waals surface area contributed by atoms with E-state index in [0.29, 0.717) is 42.8 Å². The number of ether oxygens (including phenoxy) is 3. The van der Waals surface area contributed by atoms with Gasteiger partial charge in [-0.3, -0.25) is 0 Å². The molecule has 26 heavy (non-hydrogen) atoms. The molecule has 2 rings (SSSR count). The molecule has 2 unspecified atom stereocenters. The first-order valence-electron chi connectivity index (χ1n) is 9.67. The number of rotatable bonds is 7. The van der Waals surface area contributed by atoms with Crippen molar-refractivity contribution in [2.75, 3.05) is 25.1 Å². The monoisotopic (exact) mass is 364 g/mol. The second-order valence-electron chi connectivity index (χ2n) is 6.57. The molecular weight excluding hydrogens is 332 g/mol. The molecule has 0 saturated carbocycles. The van der Waals surface area contributed by atoms with Crippen molar-refractivity contribution in [3.05, 3.63) is 12.1 Å². The van der Waals surface area contributed by atoms with Gasteiger partial charge in [0.15, 0.2) is 11.5 Å². The van der Waals surface area contributed by atoms with Gasteiger partial charge >= 0.3 is 6.03 Å². The Morgan fingerprint density at radius 2 is 1.50 bits per heavy atom. The Morgan fingerprint density at radius 1 is 1.00 bits per heavy atom. The number of carbonyl (C=O) groups excluding carboxylic acids is 1. The molecule has 2 amide bonds. The van der Waals surface area contributed by atoms with Gasteiger partial charge in [-0.15, -0.1) is 0 Å². The number of anilines is 1. The summed E-state index contributed by atoms with van der Waals surface area (Å²) in [6, 6.07) is 3.99. The second kappa shape index (κ2) is 9.55. The smallest absolute Gasteiger partial charge is 0.322 e. The van der Waals surface area contributed by atoms with E-state index in [9.17, 15) is 4.79 Å². The summed E-state index contributed by atoms with van der Waals surface area (Å²) < 4.78 is 17.1. The zero-order valence-electron chi connectivity index (χ0n) is 16.6. The zero-order chi connectivity index (χ0) is 19.1. The van der Waals surface area contributed by atoms with Crippen molar-refractivity contribution in [2.24, 2.45) is 0 Å². The van der Waals surface area contributed by atoms with Crippen LogP contribution in [0, 0.1) is 0 Å². The quantitative estimate of drug-likeness (QED) is 0.763. The number of hydrogen-bond donors (Lipinski definition) is 1. The van der Waals surface area contributed by atoms with Gasteiger partial charge in [-0.1, -0.05) is 0 Å². The third-order valence-electron chi connectivity index (χ3n) is 4.59. The number of piperidine rings is 1. The summed E-state index contributed by atoms with van der Waals surface area (Å²) >= 11 is 0. The molecule has 0 bridgehead atoms. The summed E-state index contributed by atoms with van der Waals surface area (Å²) in [4.78, 5) is 14.8. The molecule has 1 heterocycles. The van der Waals surface area contributed by atoms with Crippen LogP contribution in [0.15, 0.2) is 12.1 Å². The van der Waals surface area contributed by atoms with Crippen molar-refractivity contribution in [3.63, 3.8) is 0 Å². The highest BCUT2D eigenvalue weighted by molar-refractivity contribution is 5.90. The molecule has 6 nitrogen and oxygen atoms in total. The van der Waals surface area contributed by atoms with Gasteiger partial charge < -0.3 is 24.4 Å². The van der Waals surface area contributed by atoms with E-state index in [4.69, 9.17) is 14.2 Å². The molecule has 2 atom stereocenters. The van der Waals surface area contributed by atoms with Crippen molar-refractivity contribution in [1.29, 1.82) is 0 Å². The maximum atomic E-state index is 12.8. The van der Waals surface area contributed by atoms with Crippen LogP contribution in [0.4, 0.5) is 10.5 Å². The van der Waals surface area contributed by atoms with Crippen LogP contribution < -0.4 is 19.5 Å². The van der Waals surface area contributed by atoms with E-state index in [0.717, 1.165) is 19.3 Å². The first-order valence-corrected chi connectivity index (χ1v) is 9.67. The first kappa shape index (κ1) is 20.2. The number of likely N-dealkylation sites (tertiary alicyclic amines) is 1. The Morgan fingerprint density at radius 3 is 1.96 bits per heavy atom. The molecule has 1 aliphatic rings. The van der Waals surface area contributed by atoms with Crippen LogP contribution in [0.5, 0.6) is 17.2 Å². The summed E-state index contributed by atoms with van der Waals surface area (Å²) in [7, 11) is 0. The van der Waals surface area contributed by atoms with Crippen molar-refractivity contribution in [3.8, 4) is 17.2 Å². The Kier molecular flexibility index (Phi) is 7.42. The van der Waals surface area contributed by atoms with E-state index < -0.39 is 0 Å². The third kappa shape index (κ3) is 4.74. The average molecular weight is 364 g/mol. The number of amides is 2. The highest BCUT2D eigenvalue weighted by Gasteiger charge is 2.29. The fourth-order valence-corrected chi connectivity index (χ4v) is 3.47. The van der Waals surface area contributed by atoms with Gasteiger partial charge in [0.25, 0.3) is 0 Å². The normalized spacial score (nSPS) is 19.8. The van der Waals surface area contributed by atoms with Crippen LogP contribution in [0.25, 0.3) is 0 Å². The van der Waals surface area contributed by atoms with Crippen molar-refractivity contribution in [2.45, 2.75) is 66.0 Å².